The Morgan fingerprint density at radius 3 is 2.55 bits per heavy atom. The van der Waals surface area contributed by atoms with Crippen molar-refractivity contribution >= 4 is 33.0 Å². The summed E-state index contributed by atoms with van der Waals surface area (Å²) in [5, 5.41) is 13.6. The molecule has 0 radical (unpaired) electrons. The number of hydrogen-bond donors (Lipinski definition) is 1. The molecule has 2 aromatic rings. The first-order valence-corrected chi connectivity index (χ1v) is 10.6. The summed E-state index contributed by atoms with van der Waals surface area (Å²) in [6.07, 6.45) is 1.42. The van der Waals surface area contributed by atoms with E-state index in [0.29, 0.717) is 22.7 Å². The smallest absolute Gasteiger partial charge is 0.274 e. The number of hydrogen-bond acceptors (Lipinski definition) is 6. The van der Waals surface area contributed by atoms with Gasteiger partial charge in [-0.1, -0.05) is 12.1 Å². The van der Waals surface area contributed by atoms with Crippen LogP contribution in [0.5, 0.6) is 5.75 Å². The van der Waals surface area contributed by atoms with E-state index in [1.807, 2.05) is 0 Å². The zero-order valence-corrected chi connectivity index (χ0v) is 17.2. The molecule has 0 aliphatic rings. The summed E-state index contributed by atoms with van der Waals surface area (Å²) < 4.78 is 30.7. The standard InChI is InChI=1S/C19H23N3O6S/c1-14-17(9-5-10-18(14)22(24)25)20-19(23)11-6-12-21(29(3,26)27)15-7-4-8-16(13-15)28-2/h4-5,7-10,13H,6,11-12H2,1-3H3,(H,20,23). The number of ether oxygens (including phenoxy) is 1. The van der Waals surface area contributed by atoms with Gasteiger partial charge >= 0.3 is 0 Å². The van der Waals surface area contributed by atoms with E-state index in [1.165, 1.54) is 23.5 Å². The van der Waals surface area contributed by atoms with Crippen LogP contribution in [0, 0.1) is 17.0 Å². The van der Waals surface area contributed by atoms with Gasteiger partial charge in [-0.3, -0.25) is 19.2 Å². The molecule has 0 saturated heterocycles. The van der Waals surface area contributed by atoms with E-state index in [0.717, 1.165) is 6.26 Å². The lowest BCUT2D eigenvalue weighted by Crippen LogP contribution is -2.31. The van der Waals surface area contributed by atoms with Crippen LogP contribution >= 0.6 is 0 Å². The van der Waals surface area contributed by atoms with Gasteiger partial charge in [-0.15, -0.1) is 0 Å². The molecule has 0 fully saturated rings. The van der Waals surface area contributed by atoms with Crippen LogP contribution in [0.3, 0.4) is 0 Å². The fourth-order valence-corrected chi connectivity index (χ4v) is 3.76. The minimum Gasteiger partial charge on any atom is -0.497 e. The molecule has 1 N–H and O–H groups in total. The van der Waals surface area contributed by atoms with Crippen LogP contribution in [0.15, 0.2) is 42.5 Å². The second-order valence-electron chi connectivity index (χ2n) is 6.40. The SMILES string of the molecule is COc1cccc(N(CCCC(=O)Nc2cccc([N+](=O)[O-])c2C)S(C)(=O)=O)c1. The third kappa shape index (κ3) is 5.92. The fraction of sp³-hybridized carbons (Fsp3) is 0.316. The Labute approximate surface area is 169 Å². The van der Waals surface area contributed by atoms with Gasteiger partial charge in [0.05, 0.1) is 35.2 Å². The van der Waals surface area contributed by atoms with Gasteiger partial charge in [0.15, 0.2) is 0 Å². The van der Waals surface area contributed by atoms with E-state index in [1.54, 1.807) is 37.3 Å². The number of methoxy groups -OCH3 is 1. The number of anilines is 2. The van der Waals surface area contributed by atoms with E-state index in [4.69, 9.17) is 4.74 Å². The van der Waals surface area contributed by atoms with Crippen molar-refractivity contribution in [3.63, 3.8) is 0 Å². The van der Waals surface area contributed by atoms with Crippen molar-refractivity contribution in [2.75, 3.05) is 29.5 Å². The van der Waals surface area contributed by atoms with Crippen LogP contribution in [-0.4, -0.2) is 39.2 Å². The van der Waals surface area contributed by atoms with Gasteiger partial charge in [0.1, 0.15) is 5.75 Å². The monoisotopic (exact) mass is 421 g/mol. The third-order valence-electron chi connectivity index (χ3n) is 4.28. The maximum Gasteiger partial charge on any atom is 0.274 e. The minimum absolute atomic E-state index is 0.0537. The van der Waals surface area contributed by atoms with Crippen molar-refractivity contribution in [2.24, 2.45) is 0 Å². The molecule has 0 aliphatic heterocycles. The molecule has 0 heterocycles. The molecule has 2 rings (SSSR count). The van der Waals surface area contributed by atoms with Crippen LogP contribution in [-0.2, 0) is 14.8 Å². The maximum atomic E-state index is 12.2. The Morgan fingerprint density at radius 2 is 1.93 bits per heavy atom. The summed E-state index contributed by atoms with van der Waals surface area (Å²) in [4.78, 5) is 22.7. The molecule has 0 aromatic heterocycles. The average Bonchev–Trinajstić information content (AvgIpc) is 2.65. The number of nitrogens with zero attached hydrogens (tertiary/aromatic N) is 2. The molecule has 0 bridgehead atoms. The summed E-state index contributed by atoms with van der Waals surface area (Å²) in [7, 11) is -2.06. The third-order valence-corrected chi connectivity index (χ3v) is 5.48. The van der Waals surface area contributed by atoms with Crippen molar-refractivity contribution in [2.45, 2.75) is 19.8 Å². The molecule has 29 heavy (non-hydrogen) atoms. The Kier molecular flexibility index (Phi) is 7.16. The van der Waals surface area contributed by atoms with Crippen molar-refractivity contribution in [3.8, 4) is 5.75 Å². The van der Waals surface area contributed by atoms with E-state index < -0.39 is 14.9 Å². The second kappa shape index (κ2) is 9.37. The topological polar surface area (TPSA) is 119 Å². The highest BCUT2D eigenvalue weighted by molar-refractivity contribution is 7.92. The molecule has 0 atom stereocenters. The predicted octanol–water partition coefficient (Wildman–Crippen LogP) is 3.10. The Morgan fingerprint density at radius 1 is 1.24 bits per heavy atom. The van der Waals surface area contributed by atoms with E-state index in [9.17, 15) is 23.3 Å². The molecule has 1 amide bonds. The van der Waals surface area contributed by atoms with Crippen LogP contribution in [0.1, 0.15) is 18.4 Å². The van der Waals surface area contributed by atoms with Crippen LogP contribution in [0.2, 0.25) is 0 Å². The van der Waals surface area contributed by atoms with E-state index >= 15 is 0 Å². The number of rotatable bonds is 9. The number of carbonyl (C=O) groups is 1. The largest absolute Gasteiger partial charge is 0.497 e. The number of sulfonamides is 1. The van der Waals surface area contributed by atoms with Crippen molar-refractivity contribution in [3.05, 3.63) is 58.1 Å². The van der Waals surface area contributed by atoms with E-state index in [2.05, 4.69) is 5.32 Å². The zero-order valence-electron chi connectivity index (χ0n) is 16.4. The number of nitro benzene ring substituents is 1. The van der Waals surface area contributed by atoms with Crippen LogP contribution < -0.4 is 14.4 Å². The first kappa shape index (κ1) is 22.2. The summed E-state index contributed by atoms with van der Waals surface area (Å²) in [6, 6.07) is 11.1. The molecular formula is C19H23N3O6S. The molecular weight excluding hydrogens is 398 g/mol. The summed E-state index contributed by atoms with van der Waals surface area (Å²) in [6.45, 7) is 1.66. The summed E-state index contributed by atoms with van der Waals surface area (Å²) in [5.41, 5.74) is 1.09. The fourth-order valence-electron chi connectivity index (χ4n) is 2.80. The first-order chi connectivity index (χ1) is 13.6. The summed E-state index contributed by atoms with van der Waals surface area (Å²) in [5.74, 6) is 0.169. The molecule has 0 unspecified atom stereocenters. The van der Waals surface area contributed by atoms with Crippen molar-refractivity contribution < 1.29 is 22.9 Å². The highest BCUT2D eigenvalue weighted by Gasteiger charge is 2.19. The van der Waals surface area contributed by atoms with Gasteiger partial charge in [0.2, 0.25) is 15.9 Å². The van der Waals surface area contributed by atoms with Crippen LogP contribution in [0.25, 0.3) is 0 Å². The number of carbonyl (C=O) groups excluding carboxylic acids is 1. The lowest BCUT2D eigenvalue weighted by molar-refractivity contribution is -0.385. The first-order valence-electron chi connectivity index (χ1n) is 8.79. The Hall–Kier alpha value is -3.14. The molecule has 9 nitrogen and oxygen atoms in total. The van der Waals surface area contributed by atoms with Gasteiger partial charge < -0.3 is 10.1 Å². The Bertz CT molecular complexity index is 1010. The van der Waals surface area contributed by atoms with Gasteiger partial charge in [-0.25, -0.2) is 8.42 Å². The summed E-state index contributed by atoms with van der Waals surface area (Å²) >= 11 is 0. The molecule has 0 spiro atoms. The van der Waals surface area contributed by atoms with Crippen molar-refractivity contribution in [1.29, 1.82) is 0 Å². The van der Waals surface area contributed by atoms with Gasteiger partial charge in [-0.05, 0) is 31.5 Å². The number of benzene rings is 2. The highest BCUT2D eigenvalue weighted by Crippen LogP contribution is 2.26. The molecule has 0 aliphatic carbocycles. The molecule has 10 heteroatoms. The lowest BCUT2D eigenvalue weighted by Gasteiger charge is -2.22. The quantitative estimate of drug-likeness (QED) is 0.491. The van der Waals surface area contributed by atoms with E-state index in [-0.39, 0.29) is 31.0 Å². The van der Waals surface area contributed by atoms with Gasteiger partial charge in [0, 0.05) is 25.1 Å². The maximum absolute atomic E-state index is 12.2. The zero-order chi connectivity index (χ0) is 21.6. The van der Waals surface area contributed by atoms with Gasteiger partial charge in [-0.2, -0.15) is 0 Å². The predicted molar refractivity (Wildman–Crippen MR) is 111 cm³/mol. The number of amides is 1. The number of nitro groups is 1. The Balaban J connectivity index is 2.04. The molecule has 2 aromatic carbocycles. The van der Waals surface area contributed by atoms with Crippen LogP contribution in [0.4, 0.5) is 17.1 Å². The molecule has 156 valence electrons. The van der Waals surface area contributed by atoms with Gasteiger partial charge in [0.25, 0.3) is 5.69 Å². The average molecular weight is 421 g/mol. The highest BCUT2D eigenvalue weighted by atomic mass is 32.2. The minimum atomic E-state index is -3.55. The second-order valence-corrected chi connectivity index (χ2v) is 8.30. The lowest BCUT2D eigenvalue weighted by atomic mass is 10.1. The van der Waals surface area contributed by atoms with Crippen molar-refractivity contribution in [1.82, 2.24) is 0 Å². The molecule has 0 saturated carbocycles. The normalized spacial score (nSPS) is 11.0. The number of nitrogens with one attached hydrogen (secondary N) is 1.